The fourth-order valence-electron chi connectivity index (χ4n) is 4.38. The summed E-state index contributed by atoms with van der Waals surface area (Å²) in [5, 5.41) is 6.36. The number of anilines is 1. The first-order valence-corrected chi connectivity index (χ1v) is 8.51. The van der Waals surface area contributed by atoms with Crippen LogP contribution in [0, 0.1) is 11.7 Å². The zero-order chi connectivity index (χ0) is 16.1. The van der Waals surface area contributed by atoms with Crippen molar-refractivity contribution >= 4 is 16.5 Å². The molecule has 2 aliphatic rings. The van der Waals surface area contributed by atoms with E-state index in [0.29, 0.717) is 11.8 Å². The molecule has 0 amide bonds. The van der Waals surface area contributed by atoms with Crippen LogP contribution in [-0.2, 0) is 0 Å². The number of fused-ring (bicyclic) bond motifs is 5. The van der Waals surface area contributed by atoms with Gasteiger partial charge in [0.05, 0.1) is 6.04 Å². The first kappa shape index (κ1) is 13.8. The summed E-state index contributed by atoms with van der Waals surface area (Å²) in [5.41, 5.74) is 3.77. The van der Waals surface area contributed by atoms with Gasteiger partial charge in [-0.3, -0.25) is 0 Å². The molecule has 1 aliphatic heterocycles. The van der Waals surface area contributed by atoms with E-state index in [1.807, 2.05) is 12.1 Å². The highest BCUT2D eigenvalue weighted by molar-refractivity contribution is 5.91. The van der Waals surface area contributed by atoms with E-state index >= 15 is 0 Å². The number of benzene rings is 3. The van der Waals surface area contributed by atoms with Crippen LogP contribution in [0.15, 0.2) is 72.8 Å². The smallest absolute Gasteiger partial charge is 0.123 e. The fraction of sp³-hybridized carbons (Fsp3) is 0.182. The van der Waals surface area contributed by atoms with E-state index in [2.05, 4.69) is 53.9 Å². The van der Waals surface area contributed by atoms with Gasteiger partial charge in [-0.05, 0) is 52.4 Å². The molecule has 1 nitrogen and oxygen atoms in total. The average molecular weight is 315 g/mol. The molecule has 0 saturated heterocycles. The van der Waals surface area contributed by atoms with E-state index in [-0.39, 0.29) is 11.9 Å². The van der Waals surface area contributed by atoms with Crippen molar-refractivity contribution < 1.29 is 4.39 Å². The molecule has 3 aromatic carbocycles. The van der Waals surface area contributed by atoms with Crippen LogP contribution in [0.4, 0.5) is 10.1 Å². The minimum atomic E-state index is -0.179. The van der Waals surface area contributed by atoms with Gasteiger partial charge in [0.15, 0.2) is 0 Å². The number of hydrogen-bond donors (Lipinski definition) is 1. The van der Waals surface area contributed by atoms with E-state index < -0.39 is 0 Å². The molecule has 2 heteroatoms. The lowest BCUT2D eigenvalue weighted by Gasteiger charge is -2.38. The quantitative estimate of drug-likeness (QED) is 0.559. The van der Waals surface area contributed by atoms with Gasteiger partial charge in [-0.2, -0.15) is 0 Å². The van der Waals surface area contributed by atoms with Gasteiger partial charge in [0, 0.05) is 11.6 Å². The van der Waals surface area contributed by atoms with E-state index in [1.165, 1.54) is 22.0 Å². The lowest BCUT2D eigenvalue weighted by molar-refractivity contribution is 0.427. The van der Waals surface area contributed by atoms with Crippen LogP contribution < -0.4 is 5.32 Å². The van der Waals surface area contributed by atoms with Crippen molar-refractivity contribution in [2.45, 2.75) is 18.4 Å². The molecule has 3 aromatic rings. The summed E-state index contributed by atoms with van der Waals surface area (Å²) in [6.45, 7) is 0. The predicted molar refractivity (Wildman–Crippen MR) is 96.7 cm³/mol. The summed E-state index contributed by atoms with van der Waals surface area (Å²) in [4.78, 5) is 0. The SMILES string of the molecule is Fc1ccc([C@@H]2Nc3ccc4ccccc4c3[C@@H]3C=CC[C@H]32)cc1. The zero-order valence-electron chi connectivity index (χ0n) is 13.2. The molecule has 1 heterocycles. The molecule has 0 bridgehead atoms. The van der Waals surface area contributed by atoms with E-state index in [1.54, 1.807) is 12.1 Å². The second-order valence-corrected chi connectivity index (χ2v) is 6.77. The third-order valence-electron chi connectivity index (χ3n) is 5.49. The number of nitrogens with one attached hydrogen (secondary N) is 1. The van der Waals surface area contributed by atoms with Gasteiger partial charge in [-0.1, -0.05) is 54.6 Å². The summed E-state index contributed by atoms with van der Waals surface area (Å²) in [6.07, 6.45) is 5.71. The normalized spacial score (nSPS) is 24.5. The Labute approximate surface area is 140 Å². The first-order valence-electron chi connectivity index (χ1n) is 8.51. The van der Waals surface area contributed by atoms with Gasteiger partial charge in [0.2, 0.25) is 0 Å². The number of rotatable bonds is 1. The third kappa shape index (κ3) is 1.99. The van der Waals surface area contributed by atoms with Gasteiger partial charge in [-0.25, -0.2) is 4.39 Å². The highest BCUT2D eigenvalue weighted by atomic mass is 19.1. The summed E-state index contributed by atoms with van der Waals surface area (Å²) in [7, 11) is 0. The second-order valence-electron chi connectivity index (χ2n) is 6.77. The minimum absolute atomic E-state index is 0.179. The molecule has 5 rings (SSSR count). The Morgan fingerprint density at radius 1 is 0.917 bits per heavy atom. The number of hydrogen-bond acceptors (Lipinski definition) is 1. The van der Waals surface area contributed by atoms with Crippen molar-refractivity contribution in [1.29, 1.82) is 0 Å². The topological polar surface area (TPSA) is 12.0 Å². The van der Waals surface area contributed by atoms with Crippen LogP contribution in [0.1, 0.15) is 29.5 Å². The van der Waals surface area contributed by atoms with Crippen molar-refractivity contribution in [3.8, 4) is 0 Å². The van der Waals surface area contributed by atoms with Crippen molar-refractivity contribution in [2.75, 3.05) is 5.32 Å². The minimum Gasteiger partial charge on any atom is -0.378 e. The standard InChI is InChI=1S/C22H18FN/c23-16-11-8-15(9-12-16)22-19-7-3-6-18(19)21-17-5-2-1-4-14(17)10-13-20(21)24-22/h1-6,8-13,18-19,22,24H,7H2/t18-,19-,22+/m1/s1. The summed E-state index contributed by atoms with van der Waals surface area (Å²) in [5.74, 6) is 0.721. The highest BCUT2D eigenvalue weighted by Crippen LogP contribution is 2.51. The summed E-state index contributed by atoms with van der Waals surface area (Å²) < 4.78 is 13.3. The van der Waals surface area contributed by atoms with Gasteiger partial charge in [0.1, 0.15) is 5.82 Å². The van der Waals surface area contributed by atoms with Gasteiger partial charge < -0.3 is 5.32 Å². The number of allylic oxidation sites excluding steroid dienone is 2. The predicted octanol–water partition coefficient (Wildman–Crippen LogP) is 5.81. The Hall–Kier alpha value is -2.61. The largest absolute Gasteiger partial charge is 0.378 e. The summed E-state index contributed by atoms with van der Waals surface area (Å²) in [6, 6.07) is 20.1. The Morgan fingerprint density at radius 2 is 1.75 bits per heavy atom. The molecule has 1 aliphatic carbocycles. The molecule has 1 N–H and O–H groups in total. The molecule has 0 radical (unpaired) electrons. The van der Waals surface area contributed by atoms with E-state index in [0.717, 1.165) is 12.0 Å². The van der Waals surface area contributed by atoms with Crippen LogP contribution in [0.5, 0.6) is 0 Å². The van der Waals surface area contributed by atoms with Crippen molar-refractivity contribution in [1.82, 2.24) is 0 Å². The monoisotopic (exact) mass is 315 g/mol. The highest BCUT2D eigenvalue weighted by Gasteiger charge is 2.38. The number of halogens is 1. The van der Waals surface area contributed by atoms with Crippen LogP contribution in [0.2, 0.25) is 0 Å². The van der Waals surface area contributed by atoms with Crippen LogP contribution in [0.25, 0.3) is 10.8 Å². The van der Waals surface area contributed by atoms with Crippen molar-refractivity contribution in [3.63, 3.8) is 0 Å². The molecule has 0 spiro atoms. The molecule has 0 saturated carbocycles. The molecule has 0 unspecified atom stereocenters. The van der Waals surface area contributed by atoms with E-state index in [4.69, 9.17) is 0 Å². The molecule has 0 aromatic heterocycles. The van der Waals surface area contributed by atoms with Crippen LogP contribution >= 0.6 is 0 Å². The second kappa shape index (κ2) is 5.20. The van der Waals surface area contributed by atoms with Crippen molar-refractivity contribution in [2.24, 2.45) is 5.92 Å². The molecule has 0 fully saturated rings. The van der Waals surface area contributed by atoms with Crippen LogP contribution in [0.3, 0.4) is 0 Å². The molecular formula is C22H18FN. The first-order chi connectivity index (χ1) is 11.8. The Kier molecular flexibility index (Phi) is 2.99. The molecule has 118 valence electrons. The molecular weight excluding hydrogens is 297 g/mol. The zero-order valence-corrected chi connectivity index (χ0v) is 13.2. The maximum absolute atomic E-state index is 13.3. The maximum Gasteiger partial charge on any atom is 0.123 e. The Bertz CT molecular complexity index is 942. The van der Waals surface area contributed by atoms with Gasteiger partial charge in [0.25, 0.3) is 0 Å². The van der Waals surface area contributed by atoms with E-state index in [9.17, 15) is 4.39 Å². The summed E-state index contributed by atoms with van der Waals surface area (Å²) >= 11 is 0. The molecule has 3 atom stereocenters. The lowest BCUT2D eigenvalue weighted by atomic mass is 9.75. The van der Waals surface area contributed by atoms with Crippen LogP contribution in [-0.4, -0.2) is 0 Å². The van der Waals surface area contributed by atoms with Crippen molar-refractivity contribution in [3.05, 3.63) is 89.8 Å². The van der Waals surface area contributed by atoms with Gasteiger partial charge in [-0.15, -0.1) is 0 Å². The third-order valence-corrected chi connectivity index (χ3v) is 5.49. The fourth-order valence-corrected chi connectivity index (χ4v) is 4.38. The Morgan fingerprint density at radius 3 is 2.62 bits per heavy atom. The molecule has 24 heavy (non-hydrogen) atoms. The van der Waals surface area contributed by atoms with Gasteiger partial charge >= 0.3 is 0 Å². The lowest BCUT2D eigenvalue weighted by Crippen LogP contribution is -2.29. The maximum atomic E-state index is 13.3. The Balaban J connectivity index is 1.67. The average Bonchev–Trinajstić information content (AvgIpc) is 3.11.